The van der Waals surface area contributed by atoms with E-state index in [-0.39, 0.29) is 34.6 Å². The van der Waals surface area contributed by atoms with Crippen molar-refractivity contribution in [3.8, 4) is 0 Å². The molecule has 1 unspecified atom stereocenters. The van der Waals surface area contributed by atoms with Gasteiger partial charge in [-0.3, -0.25) is 13.9 Å². The predicted molar refractivity (Wildman–Crippen MR) is 176 cm³/mol. The van der Waals surface area contributed by atoms with Crippen molar-refractivity contribution in [1.82, 2.24) is 10.2 Å². The molecule has 0 aliphatic carbocycles. The molecular weight excluding hydrogens is 636 g/mol. The van der Waals surface area contributed by atoms with E-state index in [1.165, 1.54) is 4.90 Å². The van der Waals surface area contributed by atoms with Crippen LogP contribution in [0.4, 0.5) is 10.1 Å². The van der Waals surface area contributed by atoms with E-state index in [9.17, 15) is 22.4 Å². The van der Waals surface area contributed by atoms with E-state index < -0.39 is 40.2 Å². The van der Waals surface area contributed by atoms with Gasteiger partial charge >= 0.3 is 0 Å². The zero-order valence-electron chi connectivity index (χ0n) is 25.1. The third kappa shape index (κ3) is 8.84. The van der Waals surface area contributed by atoms with Crippen molar-refractivity contribution in [2.75, 3.05) is 10.8 Å². The number of amides is 2. The number of aryl methyl sites for hydroxylation is 1. The van der Waals surface area contributed by atoms with Crippen LogP contribution in [0.15, 0.2) is 102 Å². The molecule has 4 aromatic carbocycles. The number of rotatable bonds is 12. The Kier molecular flexibility index (Phi) is 11.3. The number of hydrogen-bond acceptors (Lipinski definition) is 4. The Hall–Kier alpha value is -3.92. The second-order valence-electron chi connectivity index (χ2n) is 10.9. The van der Waals surface area contributed by atoms with Gasteiger partial charge in [0.15, 0.2) is 0 Å². The van der Waals surface area contributed by atoms with Crippen molar-refractivity contribution in [1.29, 1.82) is 0 Å². The summed E-state index contributed by atoms with van der Waals surface area (Å²) in [5.74, 6) is -1.65. The second kappa shape index (κ2) is 14.9. The Morgan fingerprint density at radius 1 is 0.889 bits per heavy atom. The van der Waals surface area contributed by atoms with Crippen LogP contribution in [-0.2, 0) is 32.6 Å². The number of nitrogens with zero attached hydrogens (tertiary/aromatic N) is 2. The lowest BCUT2D eigenvalue weighted by molar-refractivity contribution is -0.140. The summed E-state index contributed by atoms with van der Waals surface area (Å²) in [6.07, 6.45) is 0.158. The Labute approximate surface area is 273 Å². The first-order chi connectivity index (χ1) is 21.3. The molecule has 4 aromatic rings. The predicted octanol–water partition coefficient (Wildman–Crippen LogP) is 6.80. The molecule has 0 heterocycles. The van der Waals surface area contributed by atoms with Crippen molar-refractivity contribution in [2.24, 2.45) is 0 Å². The number of carbonyl (C=O) groups excluding carboxylic acids is 2. The molecule has 0 aromatic heterocycles. The summed E-state index contributed by atoms with van der Waals surface area (Å²) in [4.78, 5) is 29.3. The van der Waals surface area contributed by atoms with Crippen LogP contribution in [-0.4, -0.2) is 43.8 Å². The number of nitrogens with one attached hydrogen (secondary N) is 1. The molecule has 4 rings (SSSR count). The maximum absolute atomic E-state index is 14.4. The van der Waals surface area contributed by atoms with E-state index >= 15 is 0 Å². The lowest BCUT2D eigenvalue weighted by Crippen LogP contribution is -2.54. The van der Waals surface area contributed by atoms with E-state index in [1.807, 2.05) is 51.1 Å². The van der Waals surface area contributed by atoms with E-state index in [4.69, 9.17) is 23.2 Å². The van der Waals surface area contributed by atoms with Crippen LogP contribution in [0.2, 0.25) is 10.0 Å². The van der Waals surface area contributed by atoms with E-state index in [0.29, 0.717) is 10.6 Å². The van der Waals surface area contributed by atoms with Gasteiger partial charge in [-0.2, -0.15) is 0 Å². The van der Waals surface area contributed by atoms with Gasteiger partial charge in [-0.25, -0.2) is 12.8 Å². The highest BCUT2D eigenvalue weighted by Crippen LogP contribution is 2.27. The zero-order valence-corrected chi connectivity index (χ0v) is 27.4. The molecular formula is C34H34Cl2FN3O4S. The van der Waals surface area contributed by atoms with Crippen molar-refractivity contribution < 1.29 is 22.4 Å². The monoisotopic (exact) mass is 669 g/mol. The molecule has 7 nitrogen and oxygen atoms in total. The van der Waals surface area contributed by atoms with Gasteiger partial charge in [-0.15, -0.1) is 0 Å². The average molecular weight is 671 g/mol. The maximum atomic E-state index is 14.4. The smallest absolute Gasteiger partial charge is 0.264 e. The summed E-state index contributed by atoms with van der Waals surface area (Å²) in [6.45, 7) is 4.74. The van der Waals surface area contributed by atoms with Crippen LogP contribution in [0, 0.1) is 12.7 Å². The molecule has 2 amide bonds. The molecule has 0 aliphatic rings. The zero-order chi connectivity index (χ0) is 32.7. The molecule has 0 saturated heterocycles. The summed E-state index contributed by atoms with van der Waals surface area (Å²) in [6, 6.07) is 23.8. The highest BCUT2D eigenvalue weighted by Gasteiger charge is 2.35. The molecule has 11 heteroatoms. The molecule has 0 fully saturated rings. The number of hydrogen-bond donors (Lipinski definition) is 1. The summed E-state index contributed by atoms with van der Waals surface area (Å²) < 4.78 is 42.7. The number of benzene rings is 4. The maximum Gasteiger partial charge on any atom is 0.264 e. The van der Waals surface area contributed by atoms with Crippen molar-refractivity contribution >= 4 is 50.7 Å². The molecule has 45 heavy (non-hydrogen) atoms. The molecule has 0 radical (unpaired) electrons. The first-order valence-electron chi connectivity index (χ1n) is 14.3. The third-order valence-electron chi connectivity index (χ3n) is 7.06. The first-order valence-corrected chi connectivity index (χ1v) is 16.5. The molecule has 0 bridgehead atoms. The Balaban J connectivity index is 1.82. The van der Waals surface area contributed by atoms with Gasteiger partial charge in [0, 0.05) is 29.1 Å². The molecule has 0 saturated carbocycles. The third-order valence-corrected chi connectivity index (χ3v) is 9.44. The normalized spacial score (nSPS) is 12.1. The number of anilines is 1. The van der Waals surface area contributed by atoms with Gasteiger partial charge in [0.1, 0.15) is 18.4 Å². The van der Waals surface area contributed by atoms with Crippen LogP contribution in [0.1, 0.15) is 30.5 Å². The van der Waals surface area contributed by atoms with Gasteiger partial charge in [-0.05, 0) is 80.4 Å². The fraction of sp³-hybridized carbons (Fsp3) is 0.235. The van der Waals surface area contributed by atoms with Gasteiger partial charge in [0.2, 0.25) is 11.8 Å². The molecule has 0 aliphatic heterocycles. The summed E-state index contributed by atoms with van der Waals surface area (Å²) in [7, 11) is -4.35. The molecule has 1 atom stereocenters. The molecule has 1 N–H and O–H groups in total. The fourth-order valence-corrected chi connectivity index (χ4v) is 6.62. The van der Waals surface area contributed by atoms with Crippen molar-refractivity contribution in [3.63, 3.8) is 0 Å². The Morgan fingerprint density at radius 2 is 1.53 bits per heavy atom. The number of sulfonamides is 1. The first kappa shape index (κ1) is 34.0. The van der Waals surface area contributed by atoms with Crippen LogP contribution in [0.3, 0.4) is 0 Å². The quantitative estimate of drug-likeness (QED) is 0.180. The highest BCUT2D eigenvalue weighted by atomic mass is 35.5. The van der Waals surface area contributed by atoms with Crippen LogP contribution in [0.25, 0.3) is 0 Å². The fourth-order valence-electron chi connectivity index (χ4n) is 4.74. The number of halogens is 3. The minimum absolute atomic E-state index is 0.101. The minimum atomic E-state index is -4.35. The second-order valence-corrected chi connectivity index (χ2v) is 13.6. The lowest BCUT2D eigenvalue weighted by Gasteiger charge is -2.34. The van der Waals surface area contributed by atoms with Gasteiger partial charge in [0.25, 0.3) is 10.0 Å². The van der Waals surface area contributed by atoms with Crippen molar-refractivity contribution in [2.45, 2.75) is 50.7 Å². The van der Waals surface area contributed by atoms with E-state index in [2.05, 4.69) is 5.32 Å². The average Bonchev–Trinajstić information content (AvgIpc) is 2.99. The van der Waals surface area contributed by atoms with Crippen LogP contribution >= 0.6 is 23.2 Å². The van der Waals surface area contributed by atoms with Gasteiger partial charge in [-0.1, -0.05) is 77.3 Å². The standard InChI is InChI=1S/C34H34Cl2FN3O4S/c1-23(2)38-34(42)32(19-25-7-5-4-6-8-25)39(21-26-11-12-27(35)20-31(26)36)33(41)22-40(29-15-9-24(3)10-16-29)45(43,44)30-17-13-28(37)14-18-30/h4-18,20,23,32H,19,21-22H2,1-3H3,(H,38,42). The van der Waals surface area contributed by atoms with Crippen LogP contribution in [0.5, 0.6) is 0 Å². The topological polar surface area (TPSA) is 86.8 Å². The minimum Gasteiger partial charge on any atom is -0.352 e. The highest BCUT2D eigenvalue weighted by molar-refractivity contribution is 7.92. The SMILES string of the molecule is Cc1ccc(N(CC(=O)N(Cc2ccc(Cl)cc2Cl)C(Cc2ccccc2)C(=O)NC(C)C)S(=O)(=O)c2ccc(F)cc2)cc1. The Bertz CT molecular complexity index is 1740. The number of carbonyl (C=O) groups is 2. The lowest BCUT2D eigenvalue weighted by atomic mass is 10.0. The van der Waals surface area contributed by atoms with Crippen molar-refractivity contribution in [3.05, 3.63) is 130 Å². The van der Waals surface area contributed by atoms with E-state index in [0.717, 1.165) is 39.7 Å². The molecule has 236 valence electrons. The molecule has 0 spiro atoms. The summed E-state index contributed by atoms with van der Waals surface area (Å²) in [5.41, 5.74) is 2.44. The summed E-state index contributed by atoms with van der Waals surface area (Å²) in [5, 5.41) is 3.59. The largest absolute Gasteiger partial charge is 0.352 e. The summed E-state index contributed by atoms with van der Waals surface area (Å²) >= 11 is 12.7. The Morgan fingerprint density at radius 3 is 2.13 bits per heavy atom. The van der Waals surface area contributed by atoms with E-state index in [1.54, 1.807) is 42.5 Å². The van der Waals surface area contributed by atoms with Gasteiger partial charge < -0.3 is 10.2 Å². The van der Waals surface area contributed by atoms with Gasteiger partial charge in [0.05, 0.1) is 10.6 Å². The van der Waals surface area contributed by atoms with Crippen LogP contribution < -0.4 is 9.62 Å².